The predicted molar refractivity (Wildman–Crippen MR) is 89.6 cm³/mol. The van der Waals surface area contributed by atoms with Crippen LogP contribution < -0.4 is 5.32 Å². The first-order valence-corrected chi connectivity index (χ1v) is 9.14. The van der Waals surface area contributed by atoms with E-state index < -0.39 is 0 Å². The fraction of sp³-hybridized carbons (Fsp3) is 1.00. The number of ether oxygens (including phenoxy) is 1. The second kappa shape index (κ2) is 8.50. The maximum atomic E-state index is 5.63. The Morgan fingerprint density at radius 1 is 1.24 bits per heavy atom. The van der Waals surface area contributed by atoms with E-state index in [1.165, 1.54) is 51.7 Å². The number of hydrogen-bond donors (Lipinski definition) is 1. The van der Waals surface area contributed by atoms with Gasteiger partial charge in [0.25, 0.3) is 0 Å². The van der Waals surface area contributed by atoms with Crippen molar-refractivity contribution in [2.24, 2.45) is 17.3 Å². The lowest BCUT2D eigenvalue weighted by Crippen LogP contribution is -2.49. The Morgan fingerprint density at radius 3 is 2.48 bits per heavy atom. The quantitative estimate of drug-likeness (QED) is 0.707. The summed E-state index contributed by atoms with van der Waals surface area (Å²) < 4.78 is 5.63. The van der Waals surface area contributed by atoms with Crippen molar-refractivity contribution >= 4 is 0 Å². The van der Waals surface area contributed by atoms with Crippen molar-refractivity contribution in [2.45, 2.75) is 52.9 Å². The highest BCUT2D eigenvalue weighted by molar-refractivity contribution is 4.88. The molecule has 1 saturated carbocycles. The van der Waals surface area contributed by atoms with E-state index in [4.69, 9.17) is 4.74 Å². The average Bonchev–Trinajstić information content (AvgIpc) is 2.42. The molecule has 0 aromatic carbocycles. The molecule has 2 rings (SSSR count). The van der Waals surface area contributed by atoms with Gasteiger partial charge in [-0.15, -0.1) is 0 Å². The van der Waals surface area contributed by atoms with Crippen LogP contribution in [-0.4, -0.2) is 50.8 Å². The van der Waals surface area contributed by atoms with Crippen LogP contribution in [0.4, 0.5) is 0 Å². The number of rotatable bonds is 9. The highest BCUT2D eigenvalue weighted by Crippen LogP contribution is 2.33. The second-order valence-corrected chi connectivity index (χ2v) is 7.76. The summed E-state index contributed by atoms with van der Waals surface area (Å²) in [6.45, 7) is 14.9. The summed E-state index contributed by atoms with van der Waals surface area (Å²) in [5, 5.41) is 3.72. The first-order valence-electron chi connectivity index (χ1n) is 9.14. The normalized spacial score (nSPS) is 22.7. The van der Waals surface area contributed by atoms with Crippen LogP contribution in [0.15, 0.2) is 0 Å². The molecule has 0 amide bonds. The monoisotopic (exact) mass is 296 g/mol. The molecule has 0 radical (unpaired) electrons. The van der Waals surface area contributed by atoms with E-state index in [0.717, 1.165) is 38.1 Å². The van der Waals surface area contributed by atoms with E-state index >= 15 is 0 Å². The molecule has 0 aromatic heterocycles. The molecule has 0 spiro atoms. The largest absolute Gasteiger partial charge is 0.381 e. The van der Waals surface area contributed by atoms with Crippen LogP contribution in [0.5, 0.6) is 0 Å². The van der Waals surface area contributed by atoms with E-state index in [1.807, 2.05) is 0 Å². The fourth-order valence-corrected chi connectivity index (χ4v) is 3.64. The first-order chi connectivity index (χ1) is 10.1. The SMILES string of the molecule is CCN(CC1CCC1)CC1(CNCC(C)C)CCOCC1. The van der Waals surface area contributed by atoms with Gasteiger partial charge in [0, 0.05) is 32.8 Å². The van der Waals surface area contributed by atoms with Gasteiger partial charge in [0.05, 0.1) is 0 Å². The molecule has 3 nitrogen and oxygen atoms in total. The van der Waals surface area contributed by atoms with Crippen LogP contribution in [0.3, 0.4) is 0 Å². The van der Waals surface area contributed by atoms with E-state index in [2.05, 4.69) is 31.0 Å². The lowest BCUT2D eigenvalue weighted by Gasteiger charge is -2.43. The minimum atomic E-state index is 0.437. The third kappa shape index (κ3) is 5.54. The van der Waals surface area contributed by atoms with E-state index in [-0.39, 0.29) is 0 Å². The van der Waals surface area contributed by atoms with Gasteiger partial charge in [-0.25, -0.2) is 0 Å². The molecule has 1 aliphatic heterocycles. The molecule has 0 bridgehead atoms. The van der Waals surface area contributed by atoms with Crippen LogP contribution >= 0.6 is 0 Å². The third-order valence-corrected chi connectivity index (χ3v) is 5.35. The van der Waals surface area contributed by atoms with Gasteiger partial charge in [0.1, 0.15) is 0 Å². The Hall–Kier alpha value is -0.120. The van der Waals surface area contributed by atoms with Gasteiger partial charge in [0.2, 0.25) is 0 Å². The predicted octanol–water partition coefficient (Wildman–Crippen LogP) is 3.15. The summed E-state index contributed by atoms with van der Waals surface area (Å²) in [5.74, 6) is 1.71. The van der Waals surface area contributed by atoms with Crippen LogP contribution in [-0.2, 0) is 4.74 Å². The van der Waals surface area contributed by atoms with Crippen molar-refractivity contribution in [1.82, 2.24) is 10.2 Å². The third-order valence-electron chi connectivity index (χ3n) is 5.35. The van der Waals surface area contributed by atoms with Gasteiger partial charge in [-0.2, -0.15) is 0 Å². The van der Waals surface area contributed by atoms with Gasteiger partial charge in [-0.1, -0.05) is 27.2 Å². The summed E-state index contributed by atoms with van der Waals surface area (Å²) in [7, 11) is 0. The first kappa shape index (κ1) is 17.2. The van der Waals surface area contributed by atoms with Crippen molar-refractivity contribution in [3.63, 3.8) is 0 Å². The summed E-state index contributed by atoms with van der Waals surface area (Å²) in [6, 6.07) is 0. The zero-order chi connectivity index (χ0) is 15.1. The molecule has 1 heterocycles. The summed E-state index contributed by atoms with van der Waals surface area (Å²) in [4.78, 5) is 2.71. The Bertz CT molecular complexity index is 283. The average molecular weight is 296 g/mol. The van der Waals surface area contributed by atoms with Crippen molar-refractivity contribution in [1.29, 1.82) is 0 Å². The Kier molecular flexibility index (Phi) is 6.97. The maximum absolute atomic E-state index is 5.63. The molecule has 3 heteroatoms. The lowest BCUT2D eigenvalue weighted by molar-refractivity contribution is -0.00802. The Labute approximate surface area is 131 Å². The molecule has 2 fully saturated rings. The van der Waals surface area contributed by atoms with E-state index in [0.29, 0.717) is 5.41 Å². The van der Waals surface area contributed by atoms with Gasteiger partial charge in [-0.3, -0.25) is 0 Å². The fourth-order valence-electron chi connectivity index (χ4n) is 3.64. The standard InChI is InChI=1S/C18H36N2O/c1-4-20(13-17-6-5-7-17)15-18(8-10-21-11-9-18)14-19-12-16(2)3/h16-17,19H,4-15H2,1-3H3. The topological polar surface area (TPSA) is 24.5 Å². The van der Waals surface area contributed by atoms with Gasteiger partial charge in [-0.05, 0) is 56.0 Å². The lowest BCUT2D eigenvalue weighted by atomic mass is 9.78. The van der Waals surface area contributed by atoms with Gasteiger partial charge < -0.3 is 15.0 Å². The highest BCUT2D eigenvalue weighted by Gasteiger charge is 2.34. The summed E-state index contributed by atoms with van der Waals surface area (Å²) in [6.07, 6.45) is 6.81. The van der Waals surface area contributed by atoms with E-state index in [1.54, 1.807) is 0 Å². The minimum Gasteiger partial charge on any atom is -0.381 e. The van der Waals surface area contributed by atoms with Crippen LogP contribution in [0.2, 0.25) is 0 Å². The molecule has 0 atom stereocenters. The van der Waals surface area contributed by atoms with Crippen molar-refractivity contribution in [2.75, 3.05) is 45.9 Å². The van der Waals surface area contributed by atoms with Crippen molar-refractivity contribution < 1.29 is 4.74 Å². The highest BCUT2D eigenvalue weighted by atomic mass is 16.5. The van der Waals surface area contributed by atoms with Crippen molar-refractivity contribution in [3.8, 4) is 0 Å². The Morgan fingerprint density at radius 2 is 1.95 bits per heavy atom. The summed E-state index contributed by atoms with van der Waals surface area (Å²) in [5.41, 5.74) is 0.437. The molecule has 0 unspecified atom stereocenters. The van der Waals surface area contributed by atoms with Crippen molar-refractivity contribution in [3.05, 3.63) is 0 Å². The van der Waals surface area contributed by atoms with Gasteiger partial charge >= 0.3 is 0 Å². The van der Waals surface area contributed by atoms with Crippen LogP contribution in [0.25, 0.3) is 0 Å². The maximum Gasteiger partial charge on any atom is 0.0472 e. The number of hydrogen-bond acceptors (Lipinski definition) is 3. The molecule has 2 aliphatic rings. The molecule has 124 valence electrons. The molecular formula is C18H36N2O. The molecule has 1 N–H and O–H groups in total. The minimum absolute atomic E-state index is 0.437. The molecule has 1 aliphatic carbocycles. The smallest absolute Gasteiger partial charge is 0.0472 e. The molecule has 1 saturated heterocycles. The number of nitrogens with one attached hydrogen (secondary N) is 1. The van der Waals surface area contributed by atoms with Crippen LogP contribution in [0.1, 0.15) is 52.9 Å². The zero-order valence-corrected chi connectivity index (χ0v) is 14.5. The summed E-state index contributed by atoms with van der Waals surface area (Å²) >= 11 is 0. The van der Waals surface area contributed by atoms with Gasteiger partial charge in [0.15, 0.2) is 0 Å². The molecule has 21 heavy (non-hydrogen) atoms. The van der Waals surface area contributed by atoms with Crippen LogP contribution in [0, 0.1) is 17.3 Å². The van der Waals surface area contributed by atoms with E-state index in [9.17, 15) is 0 Å². The number of nitrogens with zero attached hydrogens (tertiary/aromatic N) is 1. The Balaban J connectivity index is 1.86. The molecular weight excluding hydrogens is 260 g/mol. The molecule has 0 aromatic rings. The zero-order valence-electron chi connectivity index (χ0n) is 14.5. The second-order valence-electron chi connectivity index (χ2n) is 7.76.